The summed E-state index contributed by atoms with van der Waals surface area (Å²) in [6.07, 6.45) is 4.35. The first-order valence-corrected chi connectivity index (χ1v) is 11.7. The van der Waals surface area contributed by atoms with Crippen molar-refractivity contribution in [1.29, 1.82) is 0 Å². The lowest BCUT2D eigenvalue weighted by Gasteiger charge is -2.20. The normalized spacial score (nSPS) is 16.4. The maximum Gasteiger partial charge on any atom is 0.215 e. The number of anilines is 1. The molecule has 2 atom stereocenters. The van der Waals surface area contributed by atoms with E-state index in [1.54, 1.807) is 6.92 Å². The maximum absolute atomic E-state index is 11.4. The molecule has 5 nitrogen and oxygen atoms in total. The Morgan fingerprint density at radius 1 is 1.12 bits per heavy atom. The van der Waals surface area contributed by atoms with Crippen LogP contribution in [0.4, 0.5) is 5.69 Å². The highest BCUT2D eigenvalue weighted by molar-refractivity contribution is 5.76. The van der Waals surface area contributed by atoms with Gasteiger partial charge < -0.3 is 19.2 Å². The molecule has 2 aromatic carbocycles. The zero-order chi connectivity index (χ0) is 23.0. The van der Waals surface area contributed by atoms with Crippen molar-refractivity contribution in [1.82, 2.24) is 4.98 Å². The average molecular weight is 445 g/mol. The number of hydrogen-bond acceptors (Lipinski definition) is 5. The van der Waals surface area contributed by atoms with E-state index in [-0.39, 0.29) is 17.8 Å². The Morgan fingerprint density at radius 3 is 2.67 bits per heavy atom. The first-order valence-electron chi connectivity index (χ1n) is 11.7. The molecule has 1 fully saturated rings. The van der Waals surface area contributed by atoms with Gasteiger partial charge in [-0.25, -0.2) is 4.98 Å². The first-order chi connectivity index (χ1) is 16.1. The Hall–Kier alpha value is -3.34. The molecule has 3 aromatic rings. The van der Waals surface area contributed by atoms with Gasteiger partial charge in [0.05, 0.1) is 13.2 Å². The number of rotatable bonds is 10. The molecule has 33 heavy (non-hydrogen) atoms. The highest BCUT2D eigenvalue weighted by atomic mass is 16.5. The molecule has 1 aromatic heterocycles. The topological polar surface area (TPSA) is 51.7 Å². The van der Waals surface area contributed by atoms with E-state index in [2.05, 4.69) is 41.1 Å². The molecule has 0 aliphatic carbocycles. The molecule has 4 rings (SSSR count). The number of Topliss-reactive ketones (excluding diaryl/α,β-unsaturated/α-hetero) is 1. The fourth-order valence-corrected chi connectivity index (χ4v) is 4.27. The van der Waals surface area contributed by atoms with E-state index < -0.39 is 0 Å². The van der Waals surface area contributed by atoms with Gasteiger partial charge in [-0.05, 0) is 42.2 Å². The van der Waals surface area contributed by atoms with E-state index in [1.165, 1.54) is 11.1 Å². The van der Waals surface area contributed by atoms with Crippen molar-refractivity contribution in [2.24, 2.45) is 0 Å². The molecule has 172 valence electrons. The molecular weight excluding hydrogens is 412 g/mol. The predicted octanol–water partition coefficient (Wildman–Crippen LogP) is 5.44. The number of carbonyl (C=O) groups excluding carboxylic acids is 1. The van der Waals surface area contributed by atoms with Crippen molar-refractivity contribution >= 4 is 11.5 Å². The molecule has 1 aliphatic rings. The third-order valence-corrected chi connectivity index (χ3v) is 6.06. The van der Waals surface area contributed by atoms with Gasteiger partial charge in [0.15, 0.2) is 0 Å². The number of benzene rings is 2. The van der Waals surface area contributed by atoms with Crippen LogP contribution in [0, 0.1) is 0 Å². The Kier molecular flexibility index (Phi) is 7.61. The summed E-state index contributed by atoms with van der Waals surface area (Å²) in [7, 11) is 0. The summed E-state index contributed by atoms with van der Waals surface area (Å²) in [6, 6.07) is 22.5. The standard InChI is InChI=1S/C28H32N2O3/c1-21(18-22(2)31)24-8-10-26(11-9-24)33-27-13-16-30(20-27)25-12-15-29-28(19-25)32-17-14-23-6-4-3-5-7-23/h3-12,15,19,21,27H,13-14,16-18,20H2,1-2H3/t21-,27-/m1/s1. The molecule has 0 N–H and O–H groups in total. The fourth-order valence-electron chi connectivity index (χ4n) is 4.27. The van der Waals surface area contributed by atoms with Gasteiger partial charge in [-0.2, -0.15) is 0 Å². The fraction of sp³-hybridized carbons (Fsp3) is 0.357. The molecular formula is C28H32N2O3. The van der Waals surface area contributed by atoms with Crippen LogP contribution in [0.1, 0.15) is 43.7 Å². The highest BCUT2D eigenvalue weighted by Gasteiger charge is 2.24. The third-order valence-electron chi connectivity index (χ3n) is 6.06. The van der Waals surface area contributed by atoms with Gasteiger partial charge in [0.1, 0.15) is 17.6 Å². The summed E-state index contributed by atoms with van der Waals surface area (Å²) in [5, 5.41) is 0. The van der Waals surface area contributed by atoms with E-state index in [9.17, 15) is 4.79 Å². The highest BCUT2D eigenvalue weighted by Crippen LogP contribution is 2.27. The second-order valence-corrected chi connectivity index (χ2v) is 8.79. The maximum atomic E-state index is 11.4. The van der Waals surface area contributed by atoms with Gasteiger partial charge in [-0.15, -0.1) is 0 Å². The van der Waals surface area contributed by atoms with E-state index in [0.717, 1.165) is 37.4 Å². The largest absolute Gasteiger partial charge is 0.489 e. The van der Waals surface area contributed by atoms with Crippen LogP contribution < -0.4 is 14.4 Å². The molecule has 1 saturated heterocycles. The van der Waals surface area contributed by atoms with Gasteiger partial charge >= 0.3 is 0 Å². The van der Waals surface area contributed by atoms with Gasteiger partial charge in [0, 0.05) is 43.8 Å². The van der Waals surface area contributed by atoms with Crippen LogP contribution in [0.5, 0.6) is 11.6 Å². The Morgan fingerprint density at radius 2 is 1.91 bits per heavy atom. The summed E-state index contributed by atoms with van der Waals surface area (Å²) >= 11 is 0. The smallest absolute Gasteiger partial charge is 0.215 e. The third kappa shape index (κ3) is 6.58. The summed E-state index contributed by atoms with van der Waals surface area (Å²) in [5.41, 5.74) is 3.54. The lowest BCUT2D eigenvalue weighted by atomic mass is 9.96. The molecule has 5 heteroatoms. The number of pyridine rings is 1. The van der Waals surface area contributed by atoms with Crippen LogP contribution in [0.25, 0.3) is 0 Å². The van der Waals surface area contributed by atoms with Gasteiger partial charge in [-0.1, -0.05) is 49.4 Å². The molecule has 0 spiro atoms. The molecule has 0 radical (unpaired) electrons. The summed E-state index contributed by atoms with van der Waals surface area (Å²) in [6.45, 7) is 6.10. The number of ether oxygens (including phenoxy) is 2. The number of hydrogen-bond donors (Lipinski definition) is 0. The average Bonchev–Trinajstić information content (AvgIpc) is 3.29. The van der Waals surface area contributed by atoms with E-state index in [1.807, 2.05) is 48.7 Å². The Balaban J connectivity index is 1.28. The van der Waals surface area contributed by atoms with Crippen LogP contribution in [-0.4, -0.2) is 36.6 Å². The molecule has 1 aliphatic heterocycles. The van der Waals surface area contributed by atoms with Crippen molar-refractivity contribution in [2.45, 2.75) is 45.1 Å². The minimum atomic E-state index is 0.140. The lowest BCUT2D eigenvalue weighted by Crippen LogP contribution is -2.24. The molecule has 2 heterocycles. The summed E-state index contributed by atoms with van der Waals surface area (Å²) in [4.78, 5) is 18.0. The van der Waals surface area contributed by atoms with Crippen LogP contribution in [-0.2, 0) is 11.2 Å². The van der Waals surface area contributed by atoms with Crippen LogP contribution in [0.2, 0.25) is 0 Å². The molecule has 0 amide bonds. The number of nitrogens with zero attached hydrogens (tertiary/aromatic N) is 2. The minimum Gasteiger partial charge on any atom is -0.489 e. The number of ketones is 1. The molecule has 0 saturated carbocycles. The van der Waals surface area contributed by atoms with Crippen molar-refractivity contribution in [3.8, 4) is 11.6 Å². The quantitative estimate of drug-likeness (QED) is 0.417. The van der Waals surface area contributed by atoms with Crippen molar-refractivity contribution < 1.29 is 14.3 Å². The Bertz CT molecular complexity index is 1040. The second-order valence-electron chi connectivity index (χ2n) is 8.79. The van der Waals surface area contributed by atoms with E-state index in [0.29, 0.717) is 18.9 Å². The van der Waals surface area contributed by atoms with E-state index in [4.69, 9.17) is 9.47 Å². The number of carbonyl (C=O) groups is 1. The first kappa shape index (κ1) is 22.8. The van der Waals surface area contributed by atoms with Crippen LogP contribution in [0.3, 0.4) is 0 Å². The monoisotopic (exact) mass is 444 g/mol. The van der Waals surface area contributed by atoms with Crippen molar-refractivity contribution in [3.05, 3.63) is 84.1 Å². The molecule has 0 unspecified atom stereocenters. The van der Waals surface area contributed by atoms with Crippen LogP contribution in [0.15, 0.2) is 72.9 Å². The zero-order valence-corrected chi connectivity index (χ0v) is 19.4. The lowest BCUT2D eigenvalue weighted by molar-refractivity contribution is -0.117. The summed E-state index contributed by atoms with van der Waals surface area (Å²) < 4.78 is 12.1. The van der Waals surface area contributed by atoms with Gasteiger partial charge in [0.25, 0.3) is 0 Å². The van der Waals surface area contributed by atoms with Crippen molar-refractivity contribution in [2.75, 3.05) is 24.6 Å². The van der Waals surface area contributed by atoms with E-state index >= 15 is 0 Å². The van der Waals surface area contributed by atoms with Gasteiger partial charge in [0.2, 0.25) is 5.88 Å². The summed E-state index contributed by atoms with van der Waals surface area (Å²) in [5.74, 6) is 1.98. The molecule has 0 bridgehead atoms. The van der Waals surface area contributed by atoms with Crippen molar-refractivity contribution in [3.63, 3.8) is 0 Å². The van der Waals surface area contributed by atoms with Gasteiger partial charge in [-0.3, -0.25) is 0 Å². The minimum absolute atomic E-state index is 0.140. The number of aromatic nitrogens is 1. The Labute approximate surface area is 196 Å². The zero-order valence-electron chi connectivity index (χ0n) is 19.4. The van der Waals surface area contributed by atoms with Crippen LogP contribution >= 0.6 is 0 Å². The second kappa shape index (κ2) is 11.0. The SMILES string of the molecule is CC(=O)C[C@@H](C)c1ccc(O[C@@H]2CCN(c3ccnc(OCCc4ccccc4)c3)C2)cc1. The predicted molar refractivity (Wildman–Crippen MR) is 131 cm³/mol.